The van der Waals surface area contributed by atoms with Gasteiger partial charge in [-0.3, -0.25) is 14.4 Å². The average Bonchev–Trinajstić information content (AvgIpc) is 3.54. The molecule has 1 aromatic rings. The number of allylic oxidation sites excluding steroid dienone is 4. The van der Waals surface area contributed by atoms with Crippen LogP contribution >= 0.6 is 11.8 Å². The van der Waals surface area contributed by atoms with Crippen LogP contribution in [0.3, 0.4) is 0 Å². The monoisotopic (exact) mass is 533 g/mol. The molecule has 0 radical (unpaired) electrons. The molecular formula is C28H33F2NO5S. The SMILES string of the molecule is CSCC(=O)[C@@]12ON(Cc3ccoc3)C[C@@H]1C[C@H]1[C@@H]3C[C@H](F)C4=CC(=O)C=C[C@]4(C)[C@@]3(F)[C@@H](O)C[C@@]12C. The number of carbonyl (C=O) groups excluding carboxylic acids is 2. The van der Waals surface area contributed by atoms with Crippen LogP contribution in [0, 0.1) is 28.6 Å². The quantitative estimate of drug-likeness (QED) is 0.607. The number of hydrogen-bond acceptors (Lipinski definition) is 7. The summed E-state index contributed by atoms with van der Waals surface area (Å²) in [6.07, 6.45) is 6.45. The van der Waals surface area contributed by atoms with Gasteiger partial charge in [0, 0.05) is 34.8 Å². The van der Waals surface area contributed by atoms with E-state index in [2.05, 4.69) is 0 Å². The molecule has 0 spiro atoms. The van der Waals surface area contributed by atoms with Crippen LogP contribution in [0.5, 0.6) is 0 Å². The first-order valence-corrected chi connectivity index (χ1v) is 14.3. The number of fused-ring (bicyclic) bond motifs is 7. The first-order chi connectivity index (χ1) is 17.5. The van der Waals surface area contributed by atoms with Crippen molar-refractivity contribution in [3.63, 3.8) is 0 Å². The minimum atomic E-state index is -2.17. The minimum absolute atomic E-state index is 0.0163. The van der Waals surface area contributed by atoms with Crippen LogP contribution in [0.1, 0.15) is 38.7 Å². The van der Waals surface area contributed by atoms with Gasteiger partial charge in [0.2, 0.25) is 0 Å². The normalized spacial score (nSPS) is 46.7. The summed E-state index contributed by atoms with van der Waals surface area (Å²) in [6.45, 7) is 4.45. The summed E-state index contributed by atoms with van der Waals surface area (Å²) in [6, 6.07) is 1.85. The molecule has 2 heterocycles. The standard InChI is InChI=1S/C28H33F2NO5S/c1-25-6-4-18(32)9-21(25)22(29)10-20-19-8-17-13-31(12-16-5-7-35-14-16)36-28(17,24(34)15-37-3)26(19,2)11-23(33)27(20,25)30/h4-7,9,14,17,19-20,22-23,33H,8,10-13,15H2,1-3H3/t17-,19-,20-,22-,23-,25-,26-,27-,28-/m0/s1. The lowest BCUT2D eigenvalue weighted by molar-refractivity contribution is -0.268. The van der Waals surface area contributed by atoms with Crippen LogP contribution in [-0.4, -0.2) is 63.8 Å². The summed E-state index contributed by atoms with van der Waals surface area (Å²) < 4.78 is 38.3. The molecule has 9 heteroatoms. The Hall–Kier alpha value is -1.81. The summed E-state index contributed by atoms with van der Waals surface area (Å²) in [5.41, 5.74) is -4.70. The second-order valence-electron chi connectivity index (χ2n) is 11.9. The average molecular weight is 534 g/mol. The van der Waals surface area contributed by atoms with E-state index in [0.29, 0.717) is 19.5 Å². The molecule has 0 unspecified atom stereocenters. The fraction of sp³-hybridized carbons (Fsp3) is 0.643. The summed E-state index contributed by atoms with van der Waals surface area (Å²) in [5, 5.41) is 13.4. The van der Waals surface area contributed by atoms with Crippen molar-refractivity contribution < 1.29 is 32.7 Å². The predicted molar refractivity (Wildman–Crippen MR) is 134 cm³/mol. The molecule has 1 aliphatic heterocycles. The zero-order chi connectivity index (χ0) is 26.4. The smallest absolute Gasteiger partial charge is 0.178 e. The second-order valence-corrected chi connectivity index (χ2v) is 12.8. The van der Waals surface area contributed by atoms with E-state index in [-0.39, 0.29) is 47.6 Å². The third-order valence-electron chi connectivity index (χ3n) is 10.3. The van der Waals surface area contributed by atoms with Gasteiger partial charge in [0.15, 0.2) is 22.8 Å². The Balaban J connectivity index is 1.42. The highest BCUT2D eigenvalue weighted by molar-refractivity contribution is 7.99. The molecule has 5 aliphatic rings. The molecule has 6 nitrogen and oxygen atoms in total. The zero-order valence-electron chi connectivity index (χ0n) is 21.3. The van der Waals surface area contributed by atoms with Gasteiger partial charge in [0.1, 0.15) is 6.17 Å². The van der Waals surface area contributed by atoms with Gasteiger partial charge in [-0.15, -0.1) is 0 Å². The van der Waals surface area contributed by atoms with Gasteiger partial charge in [-0.05, 0) is 62.2 Å². The lowest BCUT2D eigenvalue weighted by Gasteiger charge is -2.63. The number of halogens is 2. The highest BCUT2D eigenvalue weighted by Gasteiger charge is 2.79. The zero-order valence-corrected chi connectivity index (χ0v) is 22.1. The summed E-state index contributed by atoms with van der Waals surface area (Å²) in [7, 11) is 0. The van der Waals surface area contributed by atoms with Crippen molar-refractivity contribution in [2.45, 2.75) is 63.2 Å². The molecule has 4 fully saturated rings. The molecule has 1 saturated heterocycles. The number of hydroxylamine groups is 2. The van der Waals surface area contributed by atoms with Gasteiger partial charge in [-0.25, -0.2) is 8.78 Å². The molecule has 1 aromatic heterocycles. The molecule has 0 bridgehead atoms. The van der Waals surface area contributed by atoms with Gasteiger partial charge < -0.3 is 9.52 Å². The first kappa shape index (κ1) is 25.5. The third kappa shape index (κ3) is 3.14. The van der Waals surface area contributed by atoms with Gasteiger partial charge in [-0.1, -0.05) is 13.0 Å². The Morgan fingerprint density at radius 2 is 2.08 bits per heavy atom. The summed E-state index contributed by atoms with van der Waals surface area (Å²) in [5.74, 6) is -1.60. The molecule has 6 rings (SSSR count). The lowest BCUT2D eigenvalue weighted by atomic mass is 9.44. The Morgan fingerprint density at radius 1 is 1.30 bits per heavy atom. The maximum atomic E-state index is 17.4. The number of nitrogens with zero attached hydrogens (tertiary/aromatic N) is 1. The maximum Gasteiger partial charge on any atom is 0.178 e. The van der Waals surface area contributed by atoms with E-state index in [1.807, 2.05) is 19.2 Å². The number of furan rings is 1. The second kappa shape index (κ2) is 8.34. The minimum Gasteiger partial charge on any atom is -0.472 e. The molecule has 3 saturated carbocycles. The van der Waals surface area contributed by atoms with Crippen LogP contribution in [-0.2, 0) is 21.0 Å². The van der Waals surface area contributed by atoms with Crippen molar-refractivity contribution in [1.29, 1.82) is 0 Å². The first-order valence-electron chi connectivity index (χ1n) is 12.9. The van der Waals surface area contributed by atoms with Crippen molar-refractivity contribution >= 4 is 23.3 Å². The van der Waals surface area contributed by atoms with Crippen molar-refractivity contribution in [3.8, 4) is 0 Å². The number of aliphatic hydroxyl groups is 1. The van der Waals surface area contributed by atoms with Gasteiger partial charge in [0.25, 0.3) is 0 Å². The lowest BCUT2D eigenvalue weighted by Crippen LogP contribution is -2.70. The Bertz CT molecular complexity index is 1190. The number of aliphatic hydroxyl groups excluding tert-OH is 1. The van der Waals surface area contributed by atoms with E-state index >= 15 is 8.78 Å². The van der Waals surface area contributed by atoms with E-state index in [0.717, 1.165) is 5.56 Å². The summed E-state index contributed by atoms with van der Waals surface area (Å²) >= 11 is 1.41. The molecule has 37 heavy (non-hydrogen) atoms. The number of thioether (sulfide) groups is 1. The Kier molecular flexibility index (Phi) is 5.74. The summed E-state index contributed by atoms with van der Waals surface area (Å²) in [4.78, 5) is 32.6. The number of carbonyl (C=O) groups is 2. The fourth-order valence-corrected chi connectivity index (χ4v) is 9.22. The highest BCUT2D eigenvalue weighted by atomic mass is 32.2. The van der Waals surface area contributed by atoms with Gasteiger partial charge >= 0.3 is 0 Å². The number of Topliss-reactive ketones (excluding diaryl/α,β-unsaturated/α-hetero) is 1. The number of rotatable bonds is 5. The van der Waals surface area contributed by atoms with E-state index < -0.39 is 40.3 Å². The van der Waals surface area contributed by atoms with Crippen LogP contribution in [0.2, 0.25) is 0 Å². The molecule has 1 N–H and O–H groups in total. The predicted octanol–water partition coefficient (Wildman–Crippen LogP) is 4.24. The van der Waals surface area contributed by atoms with Crippen LogP contribution in [0.15, 0.2) is 46.8 Å². The Morgan fingerprint density at radius 3 is 2.78 bits per heavy atom. The molecule has 200 valence electrons. The van der Waals surface area contributed by atoms with Crippen molar-refractivity contribution in [3.05, 3.63) is 48.0 Å². The third-order valence-corrected chi connectivity index (χ3v) is 10.9. The molecule has 9 atom stereocenters. The van der Waals surface area contributed by atoms with E-state index in [4.69, 9.17) is 9.25 Å². The molecule has 0 amide bonds. The highest BCUT2D eigenvalue weighted by Crippen LogP contribution is 2.72. The van der Waals surface area contributed by atoms with E-state index in [1.165, 1.54) is 30.0 Å². The van der Waals surface area contributed by atoms with Crippen LogP contribution in [0.4, 0.5) is 8.78 Å². The van der Waals surface area contributed by atoms with Crippen LogP contribution < -0.4 is 0 Å². The fourth-order valence-electron chi connectivity index (χ4n) is 8.74. The van der Waals surface area contributed by atoms with Crippen molar-refractivity contribution in [1.82, 2.24) is 5.06 Å². The molecule has 0 aromatic carbocycles. The van der Waals surface area contributed by atoms with Gasteiger partial charge in [-0.2, -0.15) is 16.8 Å². The van der Waals surface area contributed by atoms with E-state index in [1.54, 1.807) is 24.5 Å². The van der Waals surface area contributed by atoms with E-state index in [9.17, 15) is 14.7 Å². The molecular weight excluding hydrogens is 500 g/mol. The molecule has 4 aliphatic carbocycles. The van der Waals surface area contributed by atoms with Crippen molar-refractivity contribution in [2.75, 3.05) is 18.6 Å². The van der Waals surface area contributed by atoms with Crippen molar-refractivity contribution in [2.24, 2.45) is 28.6 Å². The maximum absolute atomic E-state index is 17.4. The number of hydrogen-bond donors (Lipinski definition) is 1. The topological polar surface area (TPSA) is 80.0 Å². The van der Waals surface area contributed by atoms with Gasteiger partial charge in [0.05, 0.1) is 30.9 Å². The van der Waals surface area contributed by atoms with Crippen LogP contribution in [0.25, 0.3) is 0 Å². The number of ketones is 2. The largest absolute Gasteiger partial charge is 0.472 e. The number of alkyl halides is 2. The Labute approximate surface area is 219 Å².